The Hall–Kier alpha value is -3.99. The van der Waals surface area contributed by atoms with Crippen LogP contribution in [0.25, 0.3) is 17.4 Å². The molecule has 9 nitrogen and oxygen atoms in total. The number of nitro groups is 1. The summed E-state index contributed by atoms with van der Waals surface area (Å²) in [6.45, 7) is 5.20. The van der Waals surface area contributed by atoms with Gasteiger partial charge in [-0.3, -0.25) is 19.5 Å². The number of aromatic nitrogens is 1. The second-order valence-corrected chi connectivity index (χ2v) is 11.1. The lowest BCUT2D eigenvalue weighted by Crippen LogP contribution is -2.40. The Morgan fingerprint density at radius 2 is 1.85 bits per heavy atom. The van der Waals surface area contributed by atoms with Gasteiger partial charge in [0.15, 0.2) is 4.80 Å². The van der Waals surface area contributed by atoms with Gasteiger partial charge < -0.3 is 9.15 Å². The van der Waals surface area contributed by atoms with Crippen LogP contribution in [0.1, 0.15) is 38.1 Å². The smallest absolute Gasteiger partial charge is 0.338 e. The summed E-state index contributed by atoms with van der Waals surface area (Å²) in [5.74, 6) is -0.00980. The van der Waals surface area contributed by atoms with E-state index in [1.54, 1.807) is 63.2 Å². The van der Waals surface area contributed by atoms with Gasteiger partial charge in [-0.25, -0.2) is 9.79 Å². The summed E-state index contributed by atoms with van der Waals surface area (Å²) in [5.41, 5.74) is 1.02. The summed E-state index contributed by atoms with van der Waals surface area (Å²) in [4.78, 5) is 42.9. The van der Waals surface area contributed by atoms with Crippen molar-refractivity contribution in [2.24, 2.45) is 4.99 Å². The molecule has 0 amide bonds. The molecule has 2 aromatic heterocycles. The standard InChI is InChI=1S/C28H21Cl2N3O6S/c1-14(2)38-27(35)24-15(3)31-28-32(25(24)16-4-6-17(29)7-5-16)26(34)23(40-28)13-19-9-11-22(39-19)20-10-8-18(30)12-21(20)33(36)37/h4-14,25H,1-3H3/b23-13-. The molecule has 0 radical (unpaired) electrons. The minimum Gasteiger partial charge on any atom is -0.459 e. The molecule has 0 saturated carbocycles. The van der Waals surface area contributed by atoms with Gasteiger partial charge in [-0.2, -0.15) is 0 Å². The van der Waals surface area contributed by atoms with Crippen LogP contribution in [0.15, 0.2) is 80.1 Å². The molecule has 204 valence electrons. The number of furan rings is 1. The molecule has 12 heteroatoms. The van der Waals surface area contributed by atoms with Crippen LogP contribution < -0.4 is 14.9 Å². The topological polar surface area (TPSA) is 117 Å². The maximum absolute atomic E-state index is 13.8. The van der Waals surface area contributed by atoms with Gasteiger partial charge >= 0.3 is 5.97 Å². The summed E-state index contributed by atoms with van der Waals surface area (Å²) in [7, 11) is 0. The second kappa shape index (κ2) is 10.9. The zero-order valence-electron chi connectivity index (χ0n) is 21.4. The molecule has 4 aromatic rings. The van der Waals surface area contributed by atoms with Crippen LogP contribution in [0.4, 0.5) is 5.69 Å². The predicted octanol–water partition coefficient (Wildman–Crippen LogP) is 5.66. The van der Waals surface area contributed by atoms with Gasteiger partial charge in [0, 0.05) is 22.2 Å². The first-order valence-corrected chi connectivity index (χ1v) is 13.6. The number of rotatable bonds is 6. The van der Waals surface area contributed by atoms with Gasteiger partial charge in [0.1, 0.15) is 11.5 Å². The largest absolute Gasteiger partial charge is 0.459 e. The molecule has 40 heavy (non-hydrogen) atoms. The van der Waals surface area contributed by atoms with Crippen molar-refractivity contribution in [2.45, 2.75) is 32.9 Å². The molecule has 0 N–H and O–H groups in total. The van der Waals surface area contributed by atoms with Crippen LogP contribution in [0.2, 0.25) is 10.0 Å². The van der Waals surface area contributed by atoms with Crippen LogP contribution in [0.5, 0.6) is 0 Å². The third-order valence-corrected chi connectivity index (χ3v) is 7.56. The Kier molecular flexibility index (Phi) is 7.50. The van der Waals surface area contributed by atoms with Gasteiger partial charge in [-0.05, 0) is 62.7 Å². The fraction of sp³-hybridized carbons (Fsp3) is 0.179. The number of allylic oxidation sites excluding steroid dienone is 1. The summed E-state index contributed by atoms with van der Waals surface area (Å²) < 4.78 is 13.1. The zero-order valence-corrected chi connectivity index (χ0v) is 23.7. The zero-order chi connectivity index (χ0) is 28.7. The van der Waals surface area contributed by atoms with Gasteiger partial charge in [-0.1, -0.05) is 46.7 Å². The van der Waals surface area contributed by atoms with Crippen LogP contribution in [-0.4, -0.2) is 21.6 Å². The number of nitro benzene ring substituents is 1. The fourth-order valence-electron chi connectivity index (χ4n) is 4.39. The fourth-order valence-corrected chi connectivity index (χ4v) is 5.71. The van der Waals surface area contributed by atoms with E-state index < -0.39 is 16.9 Å². The summed E-state index contributed by atoms with van der Waals surface area (Å²) >= 11 is 13.2. The van der Waals surface area contributed by atoms with Crippen molar-refractivity contribution in [3.8, 4) is 11.3 Å². The molecule has 1 atom stereocenters. The lowest BCUT2D eigenvalue weighted by atomic mass is 9.96. The minimum atomic E-state index is -0.786. The Bertz CT molecular complexity index is 1870. The summed E-state index contributed by atoms with van der Waals surface area (Å²) in [6, 6.07) is 13.6. The highest BCUT2D eigenvalue weighted by Gasteiger charge is 2.33. The van der Waals surface area contributed by atoms with E-state index in [2.05, 4.69) is 4.99 Å². The highest BCUT2D eigenvalue weighted by molar-refractivity contribution is 7.07. The second-order valence-electron chi connectivity index (χ2n) is 9.21. The van der Waals surface area contributed by atoms with Crippen LogP contribution >= 0.6 is 34.5 Å². The van der Waals surface area contributed by atoms with Gasteiger partial charge in [0.05, 0.1) is 38.4 Å². The Morgan fingerprint density at radius 3 is 2.52 bits per heavy atom. The summed E-state index contributed by atoms with van der Waals surface area (Å²) in [6.07, 6.45) is 1.17. The first-order chi connectivity index (χ1) is 19.0. The first-order valence-electron chi connectivity index (χ1n) is 12.1. The average Bonchev–Trinajstić information content (AvgIpc) is 3.47. The van der Waals surface area contributed by atoms with Crippen molar-refractivity contribution >= 4 is 52.3 Å². The maximum atomic E-state index is 13.8. The Balaban J connectivity index is 1.63. The Morgan fingerprint density at radius 1 is 1.15 bits per heavy atom. The predicted molar refractivity (Wildman–Crippen MR) is 152 cm³/mol. The molecule has 1 unspecified atom stereocenters. The number of hydrogen-bond acceptors (Lipinski definition) is 8. The van der Waals surface area contributed by atoms with E-state index in [0.717, 1.165) is 11.3 Å². The normalized spacial score (nSPS) is 15.2. The maximum Gasteiger partial charge on any atom is 0.338 e. The van der Waals surface area contributed by atoms with Crippen molar-refractivity contribution in [2.75, 3.05) is 0 Å². The van der Waals surface area contributed by atoms with Gasteiger partial charge in [-0.15, -0.1) is 0 Å². The number of fused-ring (bicyclic) bond motifs is 1. The number of benzene rings is 2. The van der Waals surface area contributed by atoms with E-state index in [1.165, 1.54) is 22.8 Å². The van der Waals surface area contributed by atoms with Crippen molar-refractivity contribution in [1.82, 2.24) is 4.57 Å². The molecule has 1 aliphatic heterocycles. The number of hydrogen-bond donors (Lipinski definition) is 0. The molecule has 0 bridgehead atoms. The van der Waals surface area contributed by atoms with Gasteiger partial charge in [0.25, 0.3) is 11.2 Å². The number of esters is 1. The molecule has 0 fully saturated rings. The highest BCUT2D eigenvalue weighted by Crippen LogP contribution is 2.34. The minimum absolute atomic E-state index is 0.202. The molecule has 0 aliphatic carbocycles. The van der Waals surface area contributed by atoms with E-state index in [0.29, 0.717) is 31.4 Å². The van der Waals surface area contributed by atoms with E-state index >= 15 is 0 Å². The molecule has 2 aromatic carbocycles. The molecule has 5 rings (SSSR count). The quantitative estimate of drug-likeness (QED) is 0.161. The van der Waals surface area contributed by atoms with E-state index in [4.69, 9.17) is 32.4 Å². The number of carbonyl (C=O) groups is 1. The number of carbonyl (C=O) groups excluding carboxylic acids is 1. The number of ether oxygens (including phenoxy) is 1. The molecule has 1 aliphatic rings. The SMILES string of the molecule is CC1=C(C(=O)OC(C)C)C(c2ccc(Cl)cc2)n2c(s/c(=C\c3ccc(-c4ccc(Cl)cc4[N+](=O)[O-])o3)c2=O)=N1. The average molecular weight is 598 g/mol. The van der Waals surface area contributed by atoms with Crippen molar-refractivity contribution in [3.63, 3.8) is 0 Å². The molecular weight excluding hydrogens is 577 g/mol. The number of halogens is 2. The van der Waals surface area contributed by atoms with Crippen LogP contribution in [0.3, 0.4) is 0 Å². The van der Waals surface area contributed by atoms with E-state index in [-0.39, 0.29) is 39.3 Å². The van der Waals surface area contributed by atoms with Gasteiger partial charge in [0.2, 0.25) is 0 Å². The summed E-state index contributed by atoms with van der Waals surface area (Å²) in [5, 5.41) is 12.3. The molecule has 3 heterocycles. The van der Waals surface area contributed by atoms with Crippen LogP contribution in [0, 0.1) is 10.1 Å². The van der Waals surface area contributed by atoms with E-state index in [1.807, 2.05) is 0 Å². The lowest BCUT2D eigenvalue weighted by molar-refractivity contribution is -0.384. The third kappa shape index (κ3) is 5.25. The van der Waals surface area contributed by atoms with Crippen LogP contribution in [-0.2, 0) is 9.53 Å². The lowest BCUT2D eigenvalue weighted by Gasteiger charge is -2.25. The first kappa shape index (κ1) is 27.6. The van der Waals surface area contributed by atoms with Crippen molar-refractivity contribution in [3.05, 3.63) is 117 Å². The van der Waals surface area contributed by atoms with Crippen molar-refractivity contribution in [1.29, 1.82) is 0 Å². The molecule has 0 spiro atoms. The molecule has 0 saturated heterocycles. The number of thiazole rings is 1. The van der Waals surface area contributed by atoms with Crippen molar-refractivity contribution < 1.29 is 18.9 Å². The Labute approximate surface area is 241 Å². The third-order valence-electron chi connectivity index (χ3n) is 6.09. The number of nitrogens with zero attached hydrogens (tertiary/aromatic N) is 3. The molecular formula is C28H21Cl2N3O6S. The monoisotopic (exact) mass is 597 g/mol. The van der Waals surface area contributed by atoms with E-state index in [9.17, 15) is 19.7 Å². The highest BCUT2D eigenvalue weighted by atomic mass is 35.5.